The normalized spacial score (nSPS) is 20.8. The predicted molar refractivity (Wildman–Crippen MR) is 133 cm³/mol. The van der Waals surface area contributed by atoms with E-state index in [2.05, 4.69) is 11.5 Å². The Kier molecular flexibility index (Phi) is 8.00. The number of morpholine rings is 1. The van der Waals surface area contributed by atoms with Crippen LogP contribution in [-0.2, 0) is 14.3 Å². The molecule has 2 fully saturated rings. The molecule has 0 saturated carbocycles. The molecule has 0 aromatic heterocycles. The number of amides is 1. The van der Waals surface area contributed by atoms with Gasteiger partial charge in [-0.05, 0) is 48.4 Å². The molecule has 1 amide bonds. The number of rotatable bonds is 9. The van der Waals surface area contributed by atoms with E-state index in [1.807, 2.05) is 6.92 Å². The minimum absolute atomic E-state index is 0.342. The second-order valence-corrected chi connectivity index (χ2v) is 9.17. The maximum absolute atomic E-state index is 13.7. The number of aryl methyl sites for hydroxylation is 1. The molecule has 0 N–H and O–H groups in total. The largest absolute Gasteiger partial charge is 0.489 e. The van der Waals surface area contributed by atoms with Crippen molar-refractivity contribution in [1.82, 2.24) is 9.80 Å². The Labute approximate surface area is 210 Å². The van der Waals surface area contributed by atoms with Gasteiger partial charge in [-0.1, -0.05) is 36.4 Å². The minimum Gasteiger partial charge on any atom is -0.489 e. The van der Waals surface area contributed by atoms with Gasteiger partial charge in [-0.3, -0.25) is 19.3 Å². The van der Waals surface area contributed by atoms with Crippen molar-refractivity contribution in [1.29, 1.82) is 0 Å². The van der Waals surface area contributed by atoms with E-state index in [1.54, 1.807) is 48.5 Å². The summed E-state index contributed by atoms with van der Waals surface area (Å²) in [5.41, 5.74) is 1.84. The zero-order valence-corrected chi connectivity index (χ0v) is 20.5. The van der Waals surface area contributed by atoms with E-state index < -0.39 is 23.7 Å². The molecule has 7 nitrogen and oxygen atoms in total. The average molecular weight is 497 g/mol. The molecular formula is C27H29ClN2O5. The van der Waals surface area contributed by atoms with Gasteiger partial charge in [-0.2, -0.15) is 0 Å². The van der Waals surface area contributed by atoms with Gasteiger partial charge in [0.25, 0.3) is 5.91 Å². The van der Waals surface area contributed by atoms with Gasteiger partial charge >= 0.3 is 0 Å². The van der Waals surface area contributed by atoms with Crippen LogP contribution < -0.4 is 4.74 Å². The number of carbonyl (C=O) groups excluding carboxylic acids is 3. The van der Waals surface area contributed by atoms with Crippen molar-refractivity contribution >= 4 is 29.1 Å². The highest BCUT2D eigenvalue weighted by Crippen LogP contribution is 2.39. The van der Waals surface area contributed by atoms with Gasteiger partial charge in [0, 0.05) is 36.8 Å². The van der Waals surface area contributed by atoms with Crippen LogP contribution in [0.15, 0.2) is 55.1 Å². The van der Waals surface area contributed by atoms with Crippen LogP contribution in [0.25, 0.3) is 0 Å². The average Bonchev–Trinajstić information content (AvgIpc) is 3.12. The van der Waals surface area contributed by atoms with Gasteiger partial charge in [0.2, 0.25) is 5.78 Å². The third kappa shape index (κ3) is 5.48. The first-order valence-corrected chi connectivity index (χ1v) is 12.1. The molecule has 2 aromatic carbocycles. The molecule has 2 aliphatic heterocycles. The number of ether oxygens (including phenoxy) is 2. The van der Waals surface area contributed by atoms with Gasteiger partial charge in [0.15, 0.2) is 5.78 Å². The summed E-state index contributed by atoms with van der Waals surface area (Å²) in [5, 5.41) is 0.540. The maximum atomic E-state index is 13.7. The standard InChI is InChI=1S/C27H29ClN2O5/c1-3-14-35-22-9-6-20(17-18(22)2)25(31)23-24(19-4-7-21(28)8-5-19)30(27(33)26(23)32)11-10-29-12-15-34-16-13-29/h3-9,17,23-24H,1,10-16H2,2H3. The summed E-state index contributed by atoms with van der Waals surface area (Å²) in [7, 11) is 0. The number of likely N-dealkylation sites (tertiary alicyclic amines) is 1. The lowest BCUT2D eigenvalue weighted by Crippen LogP contribution is -2.42. The Balaban J connectivity index is 1.64. The number of benzene rings is 2. The number of ketones is 2. The van der Waals surface area contributed by atoms with Crippen molar-refractivity contribution in [3.8, 4) is 5.75 Å². The molecule has 0 bridgehead atoms. The summed E-state index contributed by atoms with van der Waals surface area (Å²) in [6.45, 7) is 9.58. The first-order chi connectivity index (χ1) is 16.9. The second kappa shape index (κ2) is 11.2. The number of halogens is 1. The Morgan fingerprint density at radius 1 is 1.14 bits per heavy atom. The van der Waals surface area contributed by atoms with Crippen LogP contribution in [0.3, 0.4) is 0 Å². The number of carbonyl (C=O) groups is 3. The van der Waals surface area contributed by atoms with Crippen LogP contribution in [0.4, 0.5) is 0 Å². The quantitative estimate of drug-likeness (QED) is 0.229. The van der Waals surface area contributed by atoms with Gasteiger partial charge in [-0.15, -0.1) is 0 Å². The number of nitrogens with zero attached hydrogens (tertiary/aromatic N) is 2. The van der Waals surface area contributed by atoms with Gasteiger partial charge < -0.3 is 14.4 Å². The van der Waals surface area contributed by atoms with Crippen LogP contribution in [0.1, 0.15) is 27.5 Å². The topological polar surface area (TPSA) is 76.2 Å². The monoisotopic (exact) mass is 496 g/mol. The lowest BCUT2D eigenvalue weighted by molar-refractivity contribution is -0.141. The van der Waals surface area contributed by atoms with Crippen molar-refractivity contribution in [2.75, 3.05) is 46.0 Å². The Hall–Kier alpha value is -3.00. The Morgan fingerprint density at radius 3 is 2.51 bits per heavy atom. The molecule has 2 atom stereocenters. The number of hydrogen-bond acceptors (Lipinski definition) is 6. The van der Waals surface area contributed by atoms with Crippen LogP contribution in [0.5, 0.6) is 5.75 Å². The highest BCUT2D eigenvalue weighted by molar-refractivity contribution is 6.44. The van der Waals surface area contributed by atoms with E-state index in [1.165, 1.54) is 4.90 Å². The van der Waals surface area contributed by atoms with E-state index in [9.17, 15) is 14.4 Å². The van der Waals surface area contributed by atoms with Crippen molar-refractivity contribution in [2.24, 2.45) is 5.92 Å². The molecular weight excluding hydrogens is 468 g/mol. The summed E-state index contributed by atoms with van der Waals surface area (Å²) in [6.07, 6.45) is 1.64. The lowest BCUT2D eigenvalue weighted by atomic mass is 9.86. The first kappa shape index (κ1) is 25.1. The molecule has 2 heterocycles. The van der Waals surface area contributed by atoms with Crippen LogP contribution >= 0.6 is 11.6 Å². The zero-order chi connectivity index (χ0) is 24.9. The molecule has 2 unspecified atom stereocenters. The molecule has 0 radical (unpaired) electrons. The van der Waals surface area contributed by atoms with Gasteiger partial charge in [-0.25, -0.2) is 0 Å². The molecule has 0 aliphatic carbocycles. The SMILES string of the molecule is C=CCOc1ccc(C(=O)C2C(=O)C(=O)N(CCN3CCOCC3)C2c2ccc(Cl)cc2)cc1C. The van der Waals surface area contributed by atoms with Gasteiger partial charge in [0.1, 0.15) is 18.3 Å². The molecule has 2 aliphatic rings. The molecule has 0 spiro atoms. The van der Waals surface area contributed by atoms with E-state index in [-0.39, 0.29) is 5.78 Å². The molecule has 35 heavy (non-hydrogen) atoms. The smallest absolute Gasteiger partial charge is 0.291 e. The summed E-state index contributed by atoms with van der Waals surface area (Å²) < 4.78 is 11.0. The van der Waals surface area contributed by atoms with Crippen LogP contribution in [0, 0.1) is 12.8 Å². The summed E-state index contributed by atoms with van der Waals surface area (Å²) in [5.74, 6) is -2.18. The first-order valence-electron chi connectivity index (χ1n) is 11.7. The Bertz CT molecular complexity index is 1110. The van der Waals surface area contributed by atoms with Crippen molar-refractivity contribution in [3.63, 3.8) is 0 Å². The van der Waals surface area contributed by atoms with E-state index in [0.29, 0.717) is 54.8 Å². The fraction of sp³-hybridized carbons (Fsp3) is 0.370. The second-order valence-electron chi connectivity index (χ2n) is 8.74. The van der Waals surface area contributed by atoms with Crippen molar-refractivity contribution < 1.29 is 23.9 Å². The van der Waals surface area contributed by atoms with E-state index in [0.717, 1.165) is 18.7 Å². The summed E-state index contributed by atoms with van der Waals surface area (Å²) >= 11 is 6.09. The Morgan fingerprint density at radius 2 is 1.86 bits per heavy atom. The minimum atomic E-state index is -1.13. The van der Waals surface area contributed by atoms with E-state index in [4.69, 9.17) is 21.1 Å². The van der Waals surface area contributed by atoms with Gasteiger partial charge in [0.05, 0.1) is 19.3 Å². The maximum Gasteiger partial charge on any atom is 0.291 e. The fourth-order valence-corrected chi connectivity index (χ4v) is 4.75. The highest BCUT2D eigenvalue weighted by atomic mass is 35.5. The third-order valence-corrected chi connectivity index (χ3v) is 6.73. The van der Waals surface area contributed by atoms with Crippen molar-refractivity contribution in [2.45, 2.75) is 13.0 Å². The van der Waals surface area contributed by atoms with Crippen molar-refractivity contribution in [3.05, 3.63) is 76.8 Å². The zero-order valence-electron chi connectivity index (χ0n) is 19.7. The lowest BCUT2D eigenvalue weighted by Gasteiger charge is -2.31. The summed E-state index contributed by atoms with van der Waals surface area (Å²) in [4.78, 5) is 43.8. The molecule has 184 valence electrons. The third-order valence-electron chi connectivity index (χ3n) is 6.48. The predicted octanol–water partition coefficient (Wildman–Crippen LogP) is 3.50. The highest BCUT2D eigenvalue weighted by Gasteiger charge is 2.51. The molecule has 2 saturated heterocycles. The van der Waals surface area contributed by atoms with E-state index >= 15 is 0 Å². The molecule has 4 rings (SSSR count). The molecule has 2 aromatic rings. The number of Topliss-reactive ketones (excluding diaryl/α,β-unsaturated/α-hetero) is 2. The van der Waals surface area contributed by atoms with Crippen LogP contribution in [0.2, 0.25) is 5.02 Å². The van der Waals surface area contributed by atoms with Crippen LogP contribution in [-0.4, -0.2) is 73.3 Å². The number of hydrogen-bond donors (Lipinski definition) is 0. The summed E-state index contributed by atoms with van der Waals surface area (Å²) in [6, 6.07) is 11.3. The fourth-order valence-electron chi connectivity index (χ4n) is 4.63. The molecule has 8 heteroatoms.